The lowest BCUT2D eigenvalue weighted by molar-refractivity contribution is -0.116. The van der Waals surface area contributed by atoms with Crippen LogP contribution in [-0.4, -0.2) is 38.6 Å². The van der Waals surface area contributed by atoms with Gasteiger partial charge in [-0.25, -0.2) is 13.1 Å². The highest BCUT2D eigenvalue weighted by Gasteiger charge is 2.24. The van der Waals surface area contributed by atoms with Gasteiger partial charge >= 0.3 is 0 Å². The van der Waals surface area contributed by atoms with E-state index in [1.807, 2.05) is 0 Å². The summed E-state index contributed by atoms with van der Waals surface area (Å²) in [5.41, 5.74) is 1.65. The number of hydrogen-bond acceptors (Lipinski definition) is 4. The molecule has 6 nitrogen and oxygen atoms in total. The van der Waals surface area contributed by atoms with Crippen LogP contribution in [-0.2, 0) is 21.2 Å². The summed E-state index contributed by atoms with van der Waals surface area (Å²) in [6.45, 7) is 3.84. The van der Waals surface area contributed by atoms with Gasteiger partial charge in [-0.05, 0) is 37.5 Å². The van der Waals surface area contributed by atoms with E-state index in [0.29, 0.717) is 18.7 Å². The molecule has 0 bridgehead atoms. The van der Waals surface area contributed by atoms with Crippen molar-refractivity contribution in [2.75, 3.05) is 18.0 Å². The van der Waals surface area contributed by atoms with E-state index in [9.17, 15) is 13.2 Å². The fourth-order valence-electron chi connectivity index (χ4n) is 2.34. The lowest BCUT2D eigenvalue weighted by atomic mass is 10.2. The zero-order valence-electron chi connectivity index (χ0n) is 12.2. The molecule has 0 radical (unpaired) electrons. The molecule has 1 aliphatic heterocycles. The van der Waals surface area contributed by atoms with Gasteiger partial charge in [0.15, 0.2) is 0 Å². The molecule has 0 aliphatic carbocycles. The number of nitrogens with zero attached hydrogens (tertiary/aromatic N) is 1. The molecule has 1 atom stereocenters. The van der Waals surface area contributed by atoms with Crippen molar-refractivity contribution in [2.45, 2.75) is 37.7 Å². The van der Waals surface area contributed by atoms with Crippen LogP contribution in [0.3, 0.4) is 0 Å². The molecule has 1 aliphatic rings. The smallest absolute Gasteiger partial charge is 0.240 e. The van der Waals surface area contributed by atoms with Gasteiger partial charge in [-0.2, -0.15) is 0 Å². The number of benzene rings is 1. The molecule has 1 aromatic carbocycles. The number of anilines is 1. The Hall–Kier alpha value is -1.44. The minimum absolute atomic E-state index is 0.0923. The molecule has 1 heterocycles. The molecule has 2 rings (SSSR count). The molecular weight excluding hydrogens is 292 g/mol. The number of nitrogens with one attached hydrogen (secondary N) is 1. The van der Waals surface area contributed by atoms with Gasteiger partial charge in [0.05, 0.1) is 11.0 Å². The van der Waals surface area contributed by atoms with E-state index in [-0.39, 0.29) is 17.3 Å². The predicted octanol–water partition coefficient (Wildman–Crippen LogP) is 0.645. The first kappa shape index (κ1) is 15.9. The second-order valence-corrected chi connectivity index (χ2v) is 7.01. The summed E-state index contributed by atoms with van der Waals surface area (Å²) in [6, 6.07) is 4.84. The molecule has 0 spiro atoms. The molecule has 2 N–H and O–H groups in total. The number of fused-ring (bicyclic) bond motifs is 1. The van der Waals surface area contributed by atoms with Crippen molar-refractivity contribution in [3.05, 3.63) is 23.8 Å². The van der Waals surface area contributed by atoms with E-state index >= 15 is 0 Å². The second kappa shape index (κ2) is 6.13. The van der Waals surface area contributed by atoms with Crippen LogP contribution in [0.15, 0.2) is 23.1 Å². The Morgan fingerprint density at radius 3 is 2.81 bits per heavy atom. The fraction of sp³-hybridized carbons (Fsp3) is 0.500. The zero-order chi connectivity index (χ0) is 15.6. The molecule has 116 valence electrons. The first-order valence-electron chi connectivity index (χ1n) is 6.90. The van der Waals surface area contributed by atoms with E-state index in [2.05, 4.69) is 4.72 Å². The normalized spacial score (nSPS) is 15.9. The van der Waals surface area contributed by atoms with E-state index in [4.69, 9.17) is 5.11 Å². The van der Waals surface area contributed by atoms with Gasteiger partial charge in [0.25, 0.3) is 0 Å². The minimum Gasteiger partial charge on any atom is -0.393 e. The highest BCUT2D eigenvalue weighted by atomic mass is 32.2. The number of aliphatic hydroxyl groups is 1. The summed E-state index contributed by atoms with van der Waals surface area (Å²) < 4.78 is 26.8. The standard InChI is InChI=1S/C14H20N2O4S/c1-10(17)5-7-15-21(19,20)13-4-3-12-6-8-16(11(2)18)14(12)9-13/h3-4,9-10,15,17H,5-8H2,1-2H3. The molecular formula is C14H20N2O4S. The largest absolute Gasteiger partial charge is 0.393 e. The van der Waals surface area contributed by atoms with Crippen LogP contribution in [0.4, 0.5) is 5.69 Å². The average molecular weight is 312 g/mol. The Kier molecular flexibility index (Phi) is 4.65. The summed E-state index contributed by atoms with van der Waals surface area (Å²) in [6.07, 6.45) is 0.537. The van der Waals surface area contributed by atoms with Crippen LogP contribution < -0.4 is 9.62 Å². The summed E-state index contributed by atoms with van der Waals surface area (Å²) >= 11 is 0. The maximum atomic E-state index is 12.2. The summed E-state index contributed by atoms with van der Waals surface area (Å²) in [7, 11) is -3.63. The van der Waals surface area contributed by atoms with E-state index in [1.165, 1.54) is 13.0 Å². The Bertz CT molecular complexity index is 640. The molecule has 0 saturated heterocycles. The van der Waals surface area contributed by atoms with E-state index in [1.54, 1.807) is 24.0 Å². The minimum atomic E-state index is -3.63. The summed E-state index contributed by atoms with van der Waals surface area (Å²) in [4.78, 5) is 13.3. The molecule has 1 amide bonds. The van der Waals surface area contributed by atoms with Crippen LogP contribution in [0.5, 0.6) is 0 Å². The molecule has 7 heteroatoms. The molecule has 0 saturated carbocycles. The molecule has 21 heavy (non-hydrogen) atoms. The van der Waals surface area contributed by atoms with Gasteiger partial charge < -0.3 is 10.0 Å². The Morgan fingerprint density at radius 2 is 2.19 bits per heavy atom. The van der Waals surface area contributed by atoms with Crippen LogP contribution in [0.2, 0.25) is 0 Å². The molecule has 0 fully saturated rings. The highest BCUT2D eigenvalue weighted by molar-refractivity contribution is 7.89. The molecule has 1 aromatic rings. The van der Waals surface area contributed by atoms with Crippen molar-refractivity contribution in [2.24, 2.45) is 0 Å². The van der Waals surface area contributed by atoms with Gasteiger partial charge in [-0.3, -0.25) is 4.79 Å². The lowest BCUT2D eigenvalue weighted by Gasteiger charge is -2.16. The summed E-state index contributed by atoms with van der Waals surface area (Å²) in [5.74, 6) is -0.0923. The number of aliphatic hydroxyl groups excluding tert-OH is 1. The number of hydrogen-bond donors (Lipinski definition) is 2. The Labute approximate surface area is 124 Å². The summed E-state index contributed by atoms with van der Waals surface area (Å²) in [5, 5.41) is 9.16. The third-order valence-electron chi connectivity index (χ3n) is 3.50. The first-order chi connectivity index (χ1) is 9.81. The van der Waals surface area contributed by atoms with Crippen molar-refractivity contribution in [1.29, 1.82) is 0 Å². The van der Waals surface area contributed by atoms with Crippen molar-refractivity contribution in [3.8, 4) is 0 Å². The van der Waals surface area contributed by atoms with Crippen LogP contribution in [0.25, 0.3) is 0 Å². The van der Waals surface area contributed by atoms with Crippen LogP contribution in [0, 0.1) is 0 Å². The third-order valence-corrected chi connectivity index (χ3v) is 4.96. The quantitative estimate of drug-likeness (QED) is 0.835. The van der Waals surface area contributed by atoms with Crippen LogP contribution >= 0.6 is 0 Å². The van der Waals surface area contributed by atoms with Gasteiger partial charge in [0.1, 0.15) is 0 Å². The van der Waals surface area contributed by atoms with Crippen LogP contribution in [0.1, 0.15) is 25.8 Å². The maximum absolute atomic E-state index is 12.2. The number of carbonyl (C=O) groups excluding carboxylic acids is 1. The van der Waals surface area contributed by atoms with Gasteiger partial charge in [0, 0.05) is 25.7 Å². The predicted molar refractivity (Wildman–Crippen MR) is 79.7 cm³/mol. The number of sulfonamides is 1. The van der Waals surface area contributed by atoms with E-state index < -0.39 is 16.1 Å². The van der Waals surface area contributed by atoms with Crippen molar-refractivity contribution in [3.63, 3.8) is 0 Å². The number of amides is 1. The SMILES string of the molecule is CC(=O)N1CCc2ccc(S(=O)(=O)NCCC(C)O)cc21. The highest BCUT2D eigenvalue weighted by Crippen LogP contribution is 2.30. The zero-order valence-corrected chi connectivity index (χ0v) is 13.0. The molecule has 1 unspecified atom stereocenters. The topological polar surface area (TPSA) is 86.7 Å². The lowest BCUT2D eigenvalue weighted by Crippen LogP contribution is -2.28. The van der Waals surface area contributed by atoms with Gasteiger partial charge in [0.2, 0.25) is 15.9 Å². The second-order valence-electron chi connectivity index (χ2n) is 5.25. The first-order valence-corrected chi connectivity index (χ1v) is 8.38. The Balaban J connectivity index is 2.21. The van der Waals surface area contributed by atoms with Crippen molar-refractivity contribution < 1.29 is 18.3 Å². The third kappa shape index (κ3) is 3.61. The average Bonchev–Trinajstić information content (AvgIpc) is 2.80. The number of rotatable bonds is 5. The van der Waals surface area contributed by atoms with Crippen molar-refractivity contribution in [1.82, 2.24) is 4.72 Å². The van der Waals surface area contributed by atoms with Gasteiger partial charge in [-0.15, -0.1) is 0 Å². The van der Waals surface area contributed by atoms with Gasteiger partial charge in [-0.1, -0.05) is 6.07 Å². The Morgan fingerprint density at radius 1 is 1.48 bits per heavy atom. The number of carbonyl (C=O) groups is 1. The molecule has 0 aromatic heterocycles. The maximum Gasteiger partial charge on any atom is 0.240 e. The van der Waals surface area contributed by atoms with Crippen molar-refractivity contribution >= 4 is 21.6 Å². The fourth-order valence-corrected chi connectivity index (χ4v) is 3.41. The monoisotopic (exact) mass is 312 g/mol. The van der Waals surface area contributed by atoms with E-state index in [0.717, 1.165) is 12.0 Å².